The normalized spacial score (nSPS) is 12.5. The molecule has 1 aliphatic rings. The Labute approximate surface area is 208 Å². The van der Waals surface area contributed by atoms with Crippen LogP contribution in [0.15, 0.2) is 41.2 Å². The minimum absolute atomic E-state index is 0.00732. The van der Waals surface area contributed by atoms with E-state index in [1.165, 1.54) is 0 Å². The number of carboxylic acids is 1. The average molecular weight is 490 g/mol. The highest BCUT2D eigenvalue weighted by molar-refractivity contribution is 5.99. The Morgan fingerprint density at radius 2 is 1.92 bits per heavy atom. The summed E-state index contributed by atoms with van der Waals surface area (Å²) in [6, 6.07) is 12.0. The van der Waals surface area contributed by atoms with Crippen LogP contribution in [0.3, 0.4) is 0 Å². The number of carboxylic acid groups (broad SMARTS) is 1. The van der Waals surface area contributed by atoms with Crippen molar-refractivity contribution in [3.05, 3.63) is 58.0 Å². The molecule has 3 heterocycles. The Balaban J connectivity index is 0.000000709. The van der Waals surface area contributed by atoms with Crippen LogP contribution in [0.1, 0.15) is 38.4 Å². The van der Waals surface area contributed by atoms with Crippen molar-refractivity contribution in [2.24, 2.45) is 5.73 Å². The maximum Gasteiger partial charge on any atom is 0.300 e. The van der Waals surface area contributed by atoms with Gasteiger partial charge in [0.15, 0.2) is 0 Å². The summed E-state index contributed by atoms with van der Waals surface area (Å²) >= 11 is 0. The largest absolute Gasteiger partial charge is 0.481 e. The van der Waals surface area contributed by atoms with Crippen molar-refractivity contribution in [1.29, 1.82) is 0 Å². The highest BCUT2D eigenvalue weighted by Gasteiger charge is 2.25. The minimum atomic E-state index is -0.833. The zero-order chi connectivity index (χ0) is 26.0. The maximum absolute atomic E-state index is 13.3. The highest BCUT2D eigenvalue weighted by atomic mass is 16.4. The van der Waals surface area contributed by atoms with Gasteiger partial charge in [-0.25, -0.2) is 4.98 Å². The van der Waals surface area contributed by atoms with E-state index in [1.54, 1.807) is 11.8 Å². The number of para-hydroxylation sites is 1. The lowest BCUT2D eigenvalue weighted by molar-refractivity contribution is -0.134. The first kappa shape index (κ1) is 25.1. The number of benzene rings is 2. The summed E-state index contributed by atoms with van der Waals surface area (Å²) in [5.41, 5.74) is 12.4. The molecule has 0 atom stereocenters. The summed E-state index contributed by atoms with van der Waals surface area (Å²) in [7, 11) is 0. The molecular formula is C27H31N5O4. The smallest absolute Gasteiger partial charge is 0.300 e. The fraction of sp³-hybridized carbons (Fsp3) is 0.333. The van der Waals surface area contributed by atoms with Crippen molar-refractivity contribution in [3.8, 4) is 11.3 Å². The van der Waals surface area contributed by atoms with Gasteiger partial charge in [0.2, 0.25) is 5.91 Å². The quantitative estimate of drug-likeness (QED) is 0.393. The van der Waals surface area contributed by atoms with Gasteiger partial charge in [-0.05, 0) is 49.6 Å². The molecule has 9 heteroatoms. The molecule has 188 valence electrons. The lowest BCUT2D eigenvalue weighted by atomic mass is 10.1. The number of carbonyl (C=O) groups excluding carboxylic acids is 1. The molecule has 0 saturated heterocycles. The van der Waals surface area contributed by atoms with Crippen molar-refractivity contribution in [2.45, 2.75) is 46.6 Å². The number of aliphatic carboxylic acids is 1. The molecule has 1 aliphatic heterocycles. The third-order valence-corrected chi connectivity index (χ3v) is 6.40. The lowest BCUT2D eigenvalue weighted by Gasteiger charge is -2.15. The average Bonchev–Trinajstić information content (AvgIpc) is 3.39. The van der Waals surface area contributed by atoms with E-state index >= 15 is 0 Å². The Kier molecular flexibility index (Phi) is 7.21. The third-order valence-electron chi connectivity index (χ3n) is 6.40. The van der Waals surface area contributed by atoms with Gasteiger partial charge in [-0.1, -0.05) is 25.1 Å². The number of fused-ring (bicyclic) bond motifs is 3. The number of rotatable bonds is 5. The number of aromatic nitrogens is 3. The van der Waals surface area contributed by atoms with Crippen molar-refractivity contribution in [1.82, 2.24) is 14.5 Å². The first-order valence-corrected chi connectivity index (χ1v) is 12.1. The Hall–Kier alpha value is -3.98. The highest BCUT2D eigenvalue weighted by Crippen LogP contribution is 2.35. The van der Waals surface area contributed by atoms with Crippen molar-refractivity contribution < 1.29 is 14.7 Å². The molecule has 5 rings (SSSR count). The fourth-order valence-corrected chi connectivity index (χ4v) is 4.96. The number of nitrogens with two attached hydrogens (primary N) is 1. The van der Waals surface area contributed by atoms with Crippen LogP contribution in [-0.4, -0.2) is 44.6 Å². The van der Waals surface area contributed by atoms with E-state index in [2.05, 4.69) is 28.6 Å². The van der Waals surface area contributed by atoms with E-state index < -0.39 is 5.97 Å². The van der Waals surface area contributed by atoms with Crippen LogP contribution in [0, 0.1) is 0 Å². The van der Waals surface area contributed by atoms with Crippen LogP contribution in [0.4, 0.5) is 5.69 Å². The maximum atomic E-state index is 13.3. The summed E-state index contributed by atoms with van der Waals surface area (Å²) in [5, 5.41) is 8.45. The third kappa shape index (κ3) is 4.61. The SMILES string of the molecule is CC(=O)O.CCc1c(-c2nc3cc4c(cc3[nH]c2=O)N(C(C)=O)CC4)c2ccccc2n1CCCN. The topological polar surface area (TPSA) is 134 Å². The van der Waals surface area contributed by atoms with Gasteiger partial charge in [0.25, 0.3) is 11.5 Å². The second kappa shape index (κ2) is 10.3. The number of aromatic amines is 1. The molecule has 0 fully saturated rings. The Morgan fingerprint density at radius 3 is 2.58 bits per heavy atom. The van der Waals surface area contributed by atoms with E-state index in [0.717, 1.165) is 71.7 Å². The van der Waals surface area contributed by atoms with Crippen LogP contribution >= 0.6 is 0 Å². The summed E-state index contributed by atoms with van der Waals surface area (Å²) in [5.74, 6) is -0.826. The number of hydrogen-bond donors (Lipinski definition) is 3. The number of anilines is 1. The molecule has 0 bridgehead atoms. The van der Waals surface area contributed by atoms with E-state index in [0.29, 0.717) is 24.3 Å². The summed E-state index contributed by atoms with van der Waals surface area (Å²) in [4.78, 5) is 43.8. The monoisotopic (exact) mass is 489 g/mol. The number of nitrogens with one attached hydrogen (secondary N) is 1. The van der Waals surface area contributed by atoms with Gasteiger partial charge in [0, 0.05) is 54.8 Å². The van der Waals surface area contributed by atoms with Crippen LogP contribution in [0.25, 0.3) is 33.2 Å². The molecule has 4 aromatic rings. The van der Waals surface area contributed by atoms with Gasteiger partial charge >= 0.3 is 0 Å². The van der Waals surface area contributed by atoms with Gasteiger partial charge in [-0.2, -0.15) is 0 Å². The Bertz CT molecular complexity index is 1510. The Morgan fingerprint density at radius 1 is 1.19 bits per heavy atom. The molecule has 2 aromatic carbocycles. The molecule has 0 aliphatic carbocycles. The number of nitrogens with zero attached hydrogens (tertiary/aromatic N) is 3. The lowest BCUT2D eigenvalue weighted by Crippen LogP contribution is -2.25. The first-order chi connectivity index (χ1) is 17.3. The van der Waals surface area contributed by atoms with Crippen molar-refractivity contribution in [3.63, 3.8) is 0 Å². The summed E-state index contributed by atoms with van der Waals surface area (Å²) < 4.78 is 2.27. The number of amides is 1. The molecule has 4 N–H and O–H groups in total. The number of carbonyl (C=O) groups is 2. The van der Waals surface area contributed by atoms with E-state index in [-0.39, 0.29) is 11.5 Å². The second-order valence-electron chi connectivity index (χ2n) is 8.84. The molecule has 0 unspecified atom stereocenters. The van der Waals surface area contributed by atoms with Crippen LogP contribution in [-0.2, 0) is 29.0 Å². The van der Waals surface area contributed by atoms with Gasteiger partial charge in [0.05, 0.1) is 11.0 Å². The van der Waals surface area contributed by atoms with E-state index in [9.17, 15) is 9.59 Å². The van der Waals surface area contributed by atoms with Crippen LogP contribution in [0.2, 0.25) is 0 Å². The van der Waals surface area contributed by atoms with Crippen molar-refractivity contribution >= 4 is 39.5 Å². The summed E-state index contributed by atoms with van der Waals surface area (Å²) in [6.45, 7) is 6.83. The van der Waals surface area contributed by atoms with E-state index in [4.69, 9.17) is 20.6 Å². The van der Waals surface area contributed by atoms with Gasteiger partial charge < -0.3 is 25.3 Å². The second-order valence-corrected chi connectivity index (χ2v) is 8.84. The standard InChI is InChI=1S/C25H27N5O2.C2H4O2/c1-3-20-23(17-7-4-5-8-21(17)30(20)11-6-10-26)24-25(32)28-19-14-22-16(13-18(19)27-24)9-12-29(22)15(2)31;1-2(3)4/h4-5,7-8,13-14H,3,6,9-12,26H2,1-2H3,(H,28,32);1H3,(H,3,4). The molecule has 0 saturated carbocycles. The van der Waals surface area contributed by atoms with Gasteiger partial charge in [0.1, 0.15) is 5.69 Å². The molecule has 9 nitrogen and oxygen atoms in total. The molecule has 0 radical (unpaired) electrons. The molecule has 2 aromatic heterocycles. The van der Waals surface area contributed by atoms with Crippen LogP contribution < -0.4 is 16.2 Å². The minimum Gasteiger partial charge on any atom is -0.481 e. The predicted octanol–water partition coefficient (Wildman–Crippen LogP) is 3.46. The van der Waals surface area contributed by atoms with Crippen LogP contribution in [0.5, 0.6) is 0 Å². The zero-order valence-corrected chi connectivity index (χ0v) is 20.8. The number of H-pyrrole nitrogens is 1. The molecule has 0 spiro atoms. The van der Waals surface area contributed by atoms with Gasteiger partial charge in [-0.15, -0.1) is 0 Å². The molecule has 1 amide bonds. The predicted molar refractivity (Wildman–Crippen MR) is 141 cm³/mol. The van der Waals surface area contributed by atoms with Crippen molar-refractivity contribution in [2.75, 3.05) is 18.0 Å². The fourth-order valence-electron chi connectivity index (χ4n) is 4.96. The molecular weight excluding hydrogens is 458 g/mol. The summed E-state index contributed by atoms with van der Waals surface area (Å²) in [6.07, 6.45) is 2.44. The van der Waals surface area contributed by atoms with E-state index in [1.807, 2.05) is 24.3 Å². The number of hydrogen-bond acceptors (Lipinski definition) is 5. The van der Waals surface area contributed by atoms with Gasteiger partial charge in [-0.3, -0.25) is 14.4 Å². The number of aryl methyl sites for hydroxylation is 1. The first-order valence-electron chi connectivity index (χ1n) is 12.1. The zero-order valence-electron chi connectivity index (χ0n) is 20.8. The molecule has 36 heavy (non-hydrogen) atoms.